The van der Waals surface area contributed by atoms with E-state index in [1.807, 2.05) is 0 Å². The molecule has 1 amide bonds. The van der Waals surface area contributed by atoms with Crippen LogP contribution in [-0.2, 0) is 9.36 Å². The Labute approximate surface area is 70.8 Å². The van der Waals surface area contributed by atoms with Gasteiger partial charge >= 0.3 is 7.37 Å². The smallest absolute Gasteiger partial charge is 0.306 e. The van der Waals surface area contributed by atoms with E-state index < -0.39 is 19.4 Å². The Morgan fingerprint density at radius 3 is 2.58 bits per heavy atom. The minimum Gasteiger partial charge on any atom is -0.353 e. The van der Waals surface area contributed by atoms with Gasteiger partial charge in [-0.2, -0.15) is 5.26 Å². The fraction of sp³-hybridized carbons (Fsp3) is 0.667. The van der Waals surface area contributed by atoms with Crippen molar-refractivity contribution in [1.82, 2.24) is 5.32 Å². The summed E-state index contributed by atoms with van der Waals surface area (Å²) in [5.74, 6) is 0.624. The number of hydrogen-bond donors (Lipinski definition) is 2. The number of carbonyl (C=O) groups is 1. The molecule has 2 N–H and O–H groups in total. The third-order valence-corrected chi connectivity index (χ3v) is 1.99. The van der Waals surface area contributed by atoms with E-state index in [1.54, 1.807) is 13.8 Å². The van der Waals surface area contributed by atoms with E-state index in [2.05, 4.69) is 5.32 Å². The highest BCUT2D eigenvalue weighted by Gasteiger charge is 2.21. The summed E-state index contributed by atoms with van der Waals surface area (Å²) < 4.78 is 10.7. The van der Waals surface area contributed by atoms with Crippen LogP contribution in [0.2, 0.25) is 0 Å². The lowest BCUT2D eigenvalue weighted by Crippen LogP contribution is -2.32. The molecule has 0 saturated heterocycles. The van der Waals surface area contributed by atoms with Crippen molar-refractivity contribution in [2.75, 3.05) is 6.16 Å². The van der Waals surface area contributed by atoms with Gasteiger partial charge in [0.2, 0.25) is 5.91 Å². The zero-order valence-electron chi connectivity index (χ0n) is 6.94. The Kier molecular flexibility index (Phi) is 3.94. The first-order valence-corrected chi connectivity index (χ1v) is 5.24. The third kappa shape index (κ3) is 4.89. The molecule has 0 aliphatic heterocycles. The summed E-state index contributed by atoms with van der Waals surface area (Å²) in [6.07, 6.45) is -0.623. The van der Waals surface area contributed by atoms with Crippen LogP contribution >= 0.6 is 7.37 Å². The fourth-order valence-electron chi connectivity index (χ4n) is 0.598. The topological polar surface area (TPSA) is 90.2 Å². The highest BCUT2D eigenvalue weighted by atomic mass is 31.2. The van der Waals surface area contributed by atoms with Gasteiger partial charge in [-0.15, -0.1) is 0 Å². The van der Waals surface area contributed by atoms with E-state index in [1.165, 1.54) is 5.81 Å². The van der Waals surface area contributed by atoms with E-state index in [0.717, 1.165) is 0 Å². The van der Waals surface area contributed by atoms with Crippen molar-refractivity contribution in [2.24, 2.45) is 0 Å². The van der Waals surface area contributed by atoms with Gasteiger partial charge < -0.3 is 10.2 Å². The predicted molar refractivity (Wildman–Crippen MR) is 43.6 cm³/mol. The van der Waals surface area contributed by atoms with Crippen molar-refractivity contribution in [1.29, 1.82) is 5.26 Å². The molecule has 6 heteroatoms. The van der Waals surface area contributed by atoms with Crippen LogP contribution in [0.25, 0.3) is 0 Å². The monoisotopic (exact) mass is 190 g/mol. The summed E-state index contributed by atoms with van der Waals surface area (Å²) in [6, 6.07) is -0.0869. The Balaban J connectivity index is 4.04. The van der Waals surface area contributed by atoms with Gasteiger partial charge in [0.05, 0.1) is 0 Å². The van der Waals surface area contributed by atoms with Crippen LogP contribution in [0.5, 0.6) is 0 Å². The summed E-state index contributed by atoms with van der Waals surface area (Å²) in [5.41, 5.74) is 0. The van der Waals surface area contributed by atoms with Crippen molar-refractivity contribution < 1.29 is 14.3 Å². The maximum absolute atomic E-state index is 10.8. The number of rotatable bonds is 3. The van der Waals surface area contributed by atoms with Crippen LogP contribution in [0, 0.1) is 11.1 Å². The number of nitrogens with one attached hydrogen (secondary N) is 1. The summed E-state index contributed by atoms with van der Waals surface area (Å²) in [4.78, 5) is 19.6. The molecular weight excluding hydrogens is 179 g/mol. The molecule has 0 aliphatic carbocycles. The van der Waals surface area contributed by atoms with Crippen molar-refractivity contribution in [3.05, 3.63) is 0 Å². The van der Waals surface area contributed by atoms with Gasteiger partial charge in [-0.25, -0.2) is 0 Å². The molecule has 68 valence electrons. The van der Waals surface area contributed by atoms with Gasteiger partial charge in [0.25, 0.3) is 0 Å². The first-order chi connectivity index (χ1) is 5.37. The molecule has 0 heterocycles. The largest absolute Gasteiger partial charge is 0.353 e. The molecule has 1 unspecified atom stereocenters. The molecule has 0 radical (unpaired) electrons. The Morgan fingerprint density at radius 2 is 2.25 bits per heavy atom. The summed E-state index contributed by atoms with van der Waals surface area (Å²) in [6.45, 7) is 3.46. The highest BCUT2D eigenvalue weighted by molar-refractivity contribution is 7.63. The highest BCUT2D eigenvalue weighted by Crippen LogP contribution is 2.37. The first-order valence-electron chi connectivity index (χ1n) is 3.40. The summed E-state index contributed by atoms with van der Waals surface area (Å²) in [7, 11) is -3.89. The Bertz CT molecular complexity index is 256. The molecule has 0 rings (SSSR count). The summed E-state index contributed by atoms with van der Waals surface area (Å²) >= 11 is 0. The van der Waals surface area contributed by atoms with Crippen LogP contribution in [0.4, 0.5) is 0 Å². The van der Waals surface area contributed by atoms with E-state index in [0.29, 0.717) is 0 Å². The molecular formula is C6H11N2O3P. The lowest BCUT2D eigenvalue weighted by Gasteiger charge is -2.07. The van der Waals surface area contributed by atoms with Gasteiger partial charge in [0.1, 0.15) is 6.16 Å². The number of nitriles is 1. The zero-order valence-corrected chi connectivity index (χ0v) is 7.84. The Hall–Kier alpha value is -0.850. The number of hydrogen-bond acceptors (Lipinski definition) is 3. The molecule has 0 aromatic heterocycles. The fourth-order valence-corrected chi connectivity index (χ4v) is 1.15. The van der Waals surface area contributed by atoms with Crippen molar-refractivity contribution in [2.45, 2.75) is 19.9 Å². The molecule has 0 fully saturated rings. The maximum Gasteiger partial charge on any atom is 0.306 e. The maximum atomic E-state index is 10.8. The average molecular weight is 190 g/mol. The average Bonchev–Trinajstić information content (AvgIpc) is 1.84. The first kappa shape index (κ1) is 11.2. The van der Waals surface area contributed by atoms with E-state index >= 15 is 0 Å². The number of amides is 1. The molecule has 1 atom stereocenters. The van der Waals surface area contributed by atoms with E-state index in [4.69, 9.17) is 10.2 Å². The van der Waals surface area contributed by atoms with Crippen LogP contribution < -0.4 is 5.32 Å². The molecule has 0 spiro atoms. The summed E-state index contributed by atoms with van der Waals surface area (Å²) in [5, 5.41) is 10.5. The predicted octanol–water partition coefficient (Wildman–Crippen LogP) is 0.262. The molecule has 0 aromatic rings. The number of nitrogens with zero attached hydrogens (tertiary/aromatic N) is 1. The second-order valence-corrected chi connectivity index (χ2v) is 4.60. The Morgan fingerprint density at radius 1 is 1.75 bits per heavy atom. The van der Waals surface area contributed by atoms with Gasteiger partial charge in [0, 0.05) is 6.04 Å². The molecule has 5 nitrogen and oxygen atoms in total. The van der Waals surface area contributed by atoms with Crippen molar-refractivity contribution in [3.8, 4) is 5.81 Å². The van der Waals surface area contributed by atoms with Gasteiger partial charge in [-0.05, 0) is 13.8 Å². The lowest BCUT2D eigenvalue weighted by atomic mass is 10.4. The van der Waals surface area contributed by atoms with Crippen molar-refractivity contribution >= 4 is 13.3 Å². The normalized spacial score (nSPS) is 14.9. The quantitative estimate of drug-likeness (QED) is 0.624. The van der Waals surface area contributed by atoms with Gasteiger partial charge in [-0.1, -0.05) is 0 Å². The standard InChI is InChI=1S/C6H11N2O3P/c1-5(2)8-6(9)3-12(10,11)4-7/h5H,3H2,1-2H3,(H,8,9)(H,10,11). The van der Waals surface area contributed by atoms with E-state index in [-0.39, 0.29) is 6.04 Å². The second kappa shape index (κ2) is 4.24. The molecule has 0 aliphatic rings. The van der Waals surface area contributed by atoms with Gasteiger partial charge in [0.15, 0.2) is 5.81 Å². The third-order valence-electron chi connectivity index (χ3n) is 0.964. The van der Waals surface area contributed by atoms with Gasteiger partial charge in [-0.3, -0.25) is 9.36 Å². The lowest BCUT2D eigenvalue weighted by molar-refractivity contribution is -0.119. The molecule has 0 saturated carbocycles. The van der Waals surface area contributed by atoms with Crippen LogP contribution in [0.3, 0.4) is 0 Å². The SMILES string of the molecule is CC(C)NC(=O)CP(=O)(O)C#N. The molecule has 0 bridgehead atoms. The molecule has 12 heavy (non-hydrogen) atoms. The van der Waals surface area contributed by atoms with Crippen LogP contribution in [-0.4, -0.2) is 23.0 Å². The van der Waals surface area contributed by atoms with E-state index in [9.17, 15) is 9.36 Å². The number of carbonyl (C=O) groups excluding carboxylic acids is 1. The second-order valence-electron chi connectivity index (χ2n) is 2.68. The van der Waals surface area contributed by atoms with Crippen LogP contribution in [0.1, 0.15) is 13.8 Å². The zero-order chi connectivity index (χ0) is 9.78. The molecule has 0 aromatic carbocycles. The minimum atomic E-state index is -3.89. The van der Waals surface area contributed by atoms with Crippen molar-refractivity contribution in [3.63, 3.8) is 0 Å². The minimum absolute atomic E-state index is 0.0869. The van der Waals surface area contributed by atoms with Crippen LogP contribution in [0.15, 0.2) is 0 Å².